The predicted octanol–water partition coefficient (Wildman–Crippen LogP) is 3.91. The van der Waals surface area contributed by atoms with Gasteiger partial charge in [0, 0.05) is 15.8 Å². The Morgan fingerprint density at radius 3 is 2.24 bits per heavy atom. The Kier molecular flexibility index (Phi) is 4.25. The minimum atomic E-state index is 0.824. The molecule has 0 aliphatic carbocycles. The van der Waals surface area contributed by atoms with Gasteiger partial charge in [-0.2, -0.15) is 0 Å². The Hall–Kier alpha value is -1.23. The third kappa shape index (κ3) is 3.63. The van der Waals surface area contributed by atoms with Crippen molar-refractivity contribution in [3.63, 3.8) is 0 Å². The highest BCUT2D eigenvalue weighted by atomic mass is 127. The van der Waals surface area contributed by atoms with Crippen LogP contribution >= 0.6 is 22.6 Å². The van der Waals surface area contributed by atoms with E-state index >= 15 is 0 Å². The second kappa shape index (κ2) is 5.91. The summed E-state index contributed by atoms with van der Waals surface area (Å²) in [6, 6.07) is 16.5. The van der Waals surface area contributed by atoms with E-state index in [4.69, 9.17) is 4.74 Å². The van der Waals surface area contributed by atoms with E-state index in [-0.39, 0.29) is 0 Å². The fourth-order valence-electron chi connectivity index (χ4n) is 1.52. The van der Waals surface area contributed by atoms with Gasteiger partial charge in [0.1, 0.15) is 5.75 Å². The predicted molar refractivity (Wildman–Crippen MR) is 79.5 cm³/mol. The van der Waals surface area contributed by atoms with Gasteiger partial charge in [-0.3, -0.25) is 0 Å². The lowest BCUT2D eigenvalue weighted by atomic mass is 10.2. The molecule has 0 saturated carbocycles. The fourth-order valence-corrected chi connectivity index (χ4v) is 1.87. The van der Waals surface area contributed by atoms with Gasteiger partial charge < -0.3 is 10.1 Å². The van der Waals surface area contributed by atoms with Crippen LogP contribution in [-0.4, -0.2) is 7.11 Å². The van der Waals surface area contributed by atoms with Crippen LogP contribution < -0.4 is 10.1 Å². The van der Waals surface area contributed by atoms with Crippen LogP contribution in [0.1, 0.15) is 5.56 Å². The van der Waals surface area contributed by atoms with E-state index in [0.717, 1.165) is 18.0 Å². The normalized spacial score (nSPS) is 10.0. The molecule has 17 heavy (non-hydrogen) atoms. The molecule has 0 atom stereocenters. The molecule has 2 nitrogen and oxygen atoms in total. The Labute approximate surface area is 115 Å². The second-order valence-electron chi connectivity index (χ2n) is 3.71. The minimum Gasteiger partial charge on any atom is -0.497 e. The number of benzene rings is 2. The molecular formula is C14H14INO. The maximum absolute atomic E-state index is 5.12. The van der Waals surface area contributed by atoms with Crippen LogP contribution in [0, 0.1) is 3.57 Å². The summed E-state index contributed by atoms with van der Waals surface area (Å²) in [5.74, 6) is 0.892. The average Bonchev–Trinajstić information content (AvgIpc) is 2.39. The zero-order chi connectivity index (χ0) is 12.1. The monoisotopic (exact) mass is 339 g/mol. The van der Waals surface area contributed by atoms with E-state index in [0.29, 0.717) is 0 Å². The van der Waals surface area contributed by atoms with Gasteiger partial charge in [0.25, 0.3) is 0 Å². The van der Waals surface area contributed by atoms with Crippen molar-refractivity contribution in [2.24, 2.45) is 0 Å². The highest BCUT2D eigenvalue weighted by Gasteiger charge is 1.95. The van der Waals surface area contributed by atoms with Crippen molar-refractivity contribution in [1.82, 2.24) is 0 Å². The van der Waals surface area contributed by atoms with Gasteiger partial charge in [0.05, 0.1) is 7.11 Å². The van der Waals surface area contributed by atoms with Crippen LogP contribution in [0.5, 0.6) is 5.75 Å². The molecule has 0 aliphatic heterocycles. The van der Waals surface area contributed by atoms with Gasteiger partial charge >= 0.3 is 0 Å². The Morgan fingerprint density at radius 1 is 1.00 bits per heavy atom. The molecule has 3 heteroatoms. The maximum Gasteiger partial charge on any atom is 0.118 e. The first-order chi connectivity index (χ1) is 8.28. The molecule has 0 spiro atoms. The first-order valence-electron chi connectivity index (χ1n) is 5.40. The van der Waals surface area contributed by atoms with E-state index in [1.807, 2.05) is 12.1 Å². The molecule has 0 heterocycles. The van der Waals surface area contributed by atoms with Gasteiger partial charge in [0.2, 0.25) is 0 Å². The average molecular weight is 339 g/mol. The lowest BCUT2D eigenvalue weighted by molar-refractivity contribution is 0.414. The Balaban J connectivity index is 1.95. The molecule has 0 amide bonds. The summed E-state index contributed by atoms with van der Waals surface area (Å²) < 4.78 is 6.37. The van der Waals surface area contributed by atoms with Crippen LogP contribution in [-0.2, 0) is 6.54 Å². The number of hydrogen-bond donors (Lipinski definition) is 1. The molecule has 2 rings (SSSR count). The van der Waals surface area contributed by atoms with Crippen molar-refractivity contribution in [1.29, 1.82) is 0 Å². The molecule has 0 bridgehead atoms. The first kappa shape index (κ1) is 12.2. The zero-order valence-electron chi connectivity index (χ0n) is 9.61. The van der Waals surface area contributed by atoms with Crippen molar-refractivity contribution in [3.05, 3.63) is 57.7 Å². The van der Waals surface area contributed by atoms with E-state index < -0.39 is 0 Å². The van der Waals surface area contributed by atoms with Gasteiger partial charge in [-0.25, -0.2) is 0 Å². The summed E-state index contributed by atoms with van der Waals surface area (Å²) in [5.41, 5.74) is 2.38. The molecule has 0 aliphatic rings. The Morgan fingerprint density at radius 2 is 1.65 bits per heavy atom. The summed E-state index contributed by atoms with van der Waals surface area (Å²) in [6.45, 7) is 0.824. The summed E-state index contributed by atoms with van der Waals surface area (Å²) in [5, 5.41) is 3.38. The van der Waals surface area contributed by atoms with Crippen molar-refractivity contribution < 1.29 is 4.74 Å². The Bertz CT molecular complexity index is 465. The van der Waals surface area contributed by atoms with Gasteiger partial charge in [0.15, 0.2) is 0 Å². The highest BCUT2D eigenvalue weighted by Crippen LogP contribution is 2.14. The first-order valence-corrected chi connectivity index (χ1v) is 6.48. The van der Waals surface area contributed by atoms with E-state index in [1.165, 1.54) is 9.13 Å². The molecule has 0 saturated heterocycles. The molecule has 1 N–H and O–H groups in total. The van der Waals surface area contributed by atoms with Crippen molar-refractivity contribution in [2.45, 2.75) is 6.54 Å². The summed E-state index contributed by atoms with van der Waals surface area (Å²) in [7, 11) is 1.68. The van der Waals surface area contributed by atoms with Gasteiger partial charge in [-0.05, 0) is 64.6 Å². The summed E-state index contributed by atoms with van der Waals surface area (Å²) in [4.78, 5) is 0. The van der Waals surface area contributed by atoms with Crippen molar-refractivity contribution in [2.75, 3.05) is 12.4 Å². The fraction of sp³-hybridized carbons (Fsp3) is 0.143. The van der Waals surface area contributed by atoms with Crippen LogP contribution in [0.2, 0.25) is 0 Å². The van der Waals surface area contributed by atoms with E-state index in [9.17, 15) is 0 Å². The second-order valence-corrected chi connectivity index (χ2v) is 4.95. The third-order valence-corrected chi connectivity index (χ3v) is 3.22. The third-order valence-electron chi connectivity index (χ3n) is 2.50. The van der Waals surface area contributed by atoms with Crippen LogP contribution in [0.25, 0.3) is 0 Å². The van der Waals surface area contributed by atoms with Gasteiger partial charge in [-0.15, -0.1) is 0 Å². The largest absolute Gasteiger partial charge is 0.497 e. The quantitative estimate of drug-likeness (QED) is 0.853. The number of anilines is 1. The lowest BCUT2D eigenvalue weighted by Crippen LogP contribution is -1.99. The van der Waals surface area contributed by atoms with Crippen molar-refractivity contribution in [3.8, 4) is 5.75 Å². The number of nitrogens with one attached hydrogen (secondary N) is 1. The SMILES string of the molecule is COc1ccc(CNc2ccc(I)cc2)cc1. The lowest BCUT2D eigenvalue weighted by Gasteiger charge is -2.07. The number of halogens is 1. The molecule has 0 aromatic heterocycles. The molecular weight excluding hydrogens is 325 g/mol. The molecule has 0 unspecified atom stereocenters. The minimum absolute atomic E-state index is 0.824. The maximum atomic E-state index is 5.12. The standard InChI is InChI=1S/C14H14INO/c1-17-14-8-2-11(3-9-14)10-16-13-6-4-12(15)5-7-13/h2-9,16H,10H2,1H3. The molecule has 0 fully saturated rings. The summed E-state index contributed by atoms with van der Waals surface area (Å²) in [6.07, 6.45) is 0. The number of ether oxygens (including phenoxy) is 1. The number of methoxy groups -OCH3 is 1. The highest BCUT2D eigenvalue weighted by molar-refractivity contribution is 14.1. The molecule has 2 aromatic rings. The van der Waals surface area contributed by atoms with Crippen LogP contribution in [0.15, 0.2) is 48.5 Å². The molecule has 0 radical (unpaired) electrons. The van der Waals surface area contributed by atoms with Gasteiger partial charge in [-0.1, -0.05) is 12.1 Å². The number of hydrogen-bond acceptors (Lipinski definition) is 2. The summed E-state index contributed by atoms with van der Waals surface area (Å²) >= 11 is 2.30. The smallest absolute Gasteiger partial charge is 0.118 e. The molecule has 2 aromatic carbocycles. The van der Waals surface area contributed by atoms with Crippen molar-refractivity contribution >= 4 is 28.3 Å². The zero-order valence-corrected chi connectivity index (χ0v) is 11.8. The number of rotatable bonds is 4. The topological polar surface area (TPSA) is 21.3 Å². The van der Waals surface area contributed by atoms with E-state index in [2.05, 4.69) is 64.3 Å². The van der Waals surface area contributed by atoms with E-state index in [1.54, 1.807) is 7.11 Å². The molecule has 88 valence electrons. The van der Waals surface area contributed by atoms with Crippen LogP contribution in [0.4, 0.5) is 5.69 Å². The van der Waals surface area contributed by atoms with Crippen LogP contribution in [0.3, 0.4) is 0 Å².